The van der Waals surface area contributed by atoms with Crippen molar-refractivity contribution in [3.05, 3.63) is 47.9 Å². The van der Waals surface area contributed by atoms with E-state index in [1.807, 2.05) is 24.3 Å². The fourth-order valence-electron chi connectivity index (χ4n) is 1.77. The van der Waals surface area contributed by atoms with Crippen LogP contribution in [0.3, 0.4) is 0 Å². The van der Waals surface area contributed by atoms with Crippen LogP contribution < -0.4 is 20.7 Å². The summed E-state index contributed by atoms with van der Waals surface area (Å²) < 4.78 is 10.2. The molecule has 6 heteroatoms. The molecule has 0 bridgehead atoms. The molecule has 1 atom stereocenters. The molecule has 3 N–H and O–H groups in total. The van der Waals surface area contributed by atoms with E-state index >= 15 is 0 Å². The van der Waals surface area contributed by atoms with Gasteiger partial charge in [0.2, 0.25) is 5.88 Å². The number of benzene rings is 1. The Morgan fingerprint density at radius 3 is 2.42 bits per heavy atom. The van der Waals surface area contributed by atoms with Crippen LogP contribution in [0.4, 0.5) is 0 Å². The third-order valence-electron chi connectivity index (χ3n) is 2.78. The Bertz CT molecular complexity index is 530. The van der Waals surface area contributed by atoms with E-state index in [-0.39, 0.29) is 6.04 Å². The van der Waals surface area contributed by atoms with E-state index in [1.54, 1.807) is 20.3 Å². The predicted molar refractivity (Wildman–Crippen MR) is 70.7 cm³/mol. The quantitative estimate of drug-likeness (QED) is 0.617. The van der Waals surface area contributed by atoms with Gasteiger partial charge in [-0.25, -0.2) is 15.4 Å². The van der Waals surface area contributed by atoms with Crippen molar-refractivity contribution in [2.45, 2.75) is 6.04 Å². The van der Waals surface area contributed by atoms with Crippen LogP contribution in [0, 0.1) is 0 Å². The van der Waals surface area contributed by atoms with Crippen LogP contribution in [-0.4, -0.2) is 24.2 Å². The zero-order valence-corrected chi connectivity index (χ0v) is 10.8. The van der Waals surface area contributed by atoms with Crippen molar-refractivity contribution in [1.29, 1.82) is 0 Å². The number of nitrogens with one attached hydrogen (secondary N) is 1. The molecule has 19 heavy (non-hydrogen) atoms. The monoisotopic (exact) mass is 260 g/mol. The van der Waals surface area contributed by atoms with Gasteiger partial charge in [-0.1, -0.05) is 12.1 Å². The normalized spacial score (nSPS) is 11.9. The van der Waals surface area contributed by atoms with Crippen molar-refractivity contribution in [2.75, 3.05) is 14.2 Å². The second kappa shape index (κ2) is 6.12. The lowest BCUT2D eigenvalue weighted by molar-refractivity contribution is 0.395. The van der Waals surface area contributed by atoms with Gasteiger partial charge in [-0.15, -0.1) is 0 Å². The Balaban J connectivity index is 2.31. The number of hydrazine groups is 1. The smallest absolute Gasteiger partial charge is 0.216 e. The van der Waals surface area contributed by atoms with Crippen molar-refractivity contribution < 1.29 is 9.47 Å². The predicted octanol–water partition coefficient (Wildman–Crippen LogP) is 1.05. The van der Waals surface area contributed by atoms with Crippen molar-refractivity contribution in [1.82, 2.24) is 15.4 Å². The highest BCUT2D eigenvalue weighted by molar-refractivity contribution is 5.33. The van der Waals surface area contributed by atoms with Gasteiger partial charge in [0.15, 0.2) is 0 Å². The van der Waals surface area contributed by atoms with Gasteiger partial charge in [-0.05, 0) is 17.7 Å². The van der Waals surface area contributed by atoms with Gasteiger partial charge >= 0.3 is 0 Å². The minimum Gasteiger partial charge on any atom is -0.497 e. The highest BCUT2D eigenvalue weighted by atomic mass is 16.5. The van der Waals surface area contributed by atoms with E-state index in [1.165, 1.54) is 6.33 Å². The molecule has 0 fully saturated rings. The SMILES string of the molecule is COc1ccc(C(NN)c2cc(OC)ncn2)cc1. The summed E-state index contributed by atoms with van der Waals surface area (Å²) in [6.07, 6.45) is 1.45. The Kier molecular flexibility index (Phi) is 4.27. The molecule has 6 nitrogen and oxygen atoms in total. The zero-order valence-electron chi connectivity index (χ0n) is 10.8. The van der Waals surface area contributed by atoms with E-state index in [2.05, 4.69) is 15.4 Å². The number of aromatic nitrogens is 2. The lowest BCUT2D eigenvalue weighted by Crippen LogP contribution is -2.29. The summed E-state index contributed by atoms with van der Waals surface area (Å²) in [6, 6.07) is 9.11. The number of rotatable bonds is 5. The third-order valence-corrected chi connectivity index (χ3v) is 2.78. The molecule has 2 rings (SSSR count). The summed E-state index contributed by atoms with van der Waals surface area (Å²) in [5.41, 5.74) is 4.45. The summed E-state index contributed by atoms with van der Waals surface area (Å²) in [4.78, 5) is 8.19. The first kappa shape index (κ1) is 13.3. The Hall–Kier alpha value is -2.18. The lowest BCUT2D eigenvalue weighted by atomic mass is 10.0. The number of hydrogen-bond acceptors (Lipinski definition) is 6. The molecular weight excluding hydrogens is 244 g/mol. The Labute approximate surface area is 111 Å². The Morgan fingerprint density at radius 1 is 1.11 bits per heavy atom. The largest absolute Gasteiger partial charge is 0.497 e. The van der Waals surface area contributed by atoms with E-state index < -0.39 is 0 Å². The van der Waals surface area contributed by atoms with Gasteiger partial charge in [-0.3, -0.25) is 5.84 Å². The molecule has 0 aliphatic heterocycles. The van der Waals surface area contributed by atoms with E-state index in [9.17, 15) is 0 Å². The maximum atomic E-state index is 5.62. The number of methoxy groups -OCH3 is 2. The molecule has 0 radical (unpaired) electrons. The first-order chi connectivity index (χ1) is 9.28. The number of ether oxygens (including phenoxy) is 2. The average molecular weight is 260 g/mol. The van der Waals surface area contributed by atoms with Gasteiger partial charge in [0, 0.05) is 6.07 Å². The summed E-state index contributed by atoms with van der Waals surface area (Å²) in [7, 11) is 3.19. The third kappa shape index (κ3) is 2.98. The maximum Gasteiger partial charge on any atom is 0.216 e. The first-order valence-corrected chi connectivity index (χ1v) is 5.74. The molecular formula is C13H16N4O2. The van der Waals surface area contributed by atoms with Gasteiger partial charge in [0.1, 0.15) is 12.1 Å². The minimum absolute atomic E-state index is 0.234. The Morgan fingerprint density at radius 2 is 1.84 bits per heavy atom. The molecule has 1 heterocycles. The van der Waals surface area contributed by atoms with Crippen molar-refractivity contribution in [3.63, 3.8) is 0 Å². The second-order valence-corrected chi connectivity index (χ2v) is 3.86. The van der Waals surface area contributed by atoms with Crippen LogP contribution in [0.2, 0.25) is 0 Å². The van der Waals surface area contributed by atoms with Crippen LogP contribution in [-0.2, 0) is 0 Å². The summed E-state index contributed by atoms with van der Waals surface area (Å²) >= 11 is 0. The molecule has 1 aromatic heterocycles. The topological polar surface area (TPSA) is 82.3 Å². The maximum absolute atomic E-state index is 5.62. The number of nitrogens with two attached hydrogens (primary N) is 1. The van der Waals surface area contributed by atoms with Crippen molar-refractivity contribution in [3.8, 4) is 11.6 Å². The molecule has 0 saturated carbocycles. The highest BCUT2D eigenvalue weighted by Crippen LogP contribution is 2.23. The standard InChI is InChI=1S/C13H16N4O2/c1-18-10-5-3-9(4-6-10)13(17-14)11-7-12(19-2)16-8-15-11/h3-8,13,17H,14H2,1-2H3. The minimum atomic E-state index is -0.234. The van der Waals surface area contributed by atoms with Gasteiger partial charge in [0.25, 0.3) is 0 Å². The zero-order chi connectivity index (χ0) is 13.7. The molecule has 0 saturated heterocycles. The molecule has 0 spiro atoms. The molecule has 1 unspecified atom stereocenters. The second-order valence-electron chi connectivity index (χ2n) is 3.86. The number of hydrogen-bond donors (Lipinski definition) is 2. The fourth-order valence-corrected chi connectivity index (χ4v) is 1.77. The molecule has 2 aromatic rings. The molecule has 0 aliphatic carbocycles. The summed E-state index contributed by atoms with van der Waals surface area (Å²) in [6.45, 7) is 0. The fraction of sp³-hybridized carbons (Fsp3) is 0.231. The molecule has 1 aromatic carbocycles. The lowest BCUT2D eigenvalue weighted by Gasteiger charge is -2.16. The van der Waals surface area contributed by atoms with Crippen LogP contribution in [0.25, 0.3) is 0 Å². The molecule has 0 amide bonds. The van der Waals surface area contributed by atoms with E-state index in [0.29, 0.717) is 5.88 Å². The van der Waals surface area contributed by atoms with Crippen LogP contribution in [0.1, 0.15) is 17.3 Å². The highest BCUT2D eigenvalue weighted by Gasteiger charge is 2.15. The van der Waals surface area contributed by atoms with Crippen molar-refractivity contribution >= 4 is 0 Å². The van der Waals surface area contributed by atoms with E-state index in [0.717, 1.165) is 17.0 Å². The molecule has 0 aliphatic rings. The summed E-state index contributed by atoms with van der Waals surface area (Å²) in [5.74, 6) is 6.91. The van der Waals surface area contributed by atoms with Crippen LogP contribution in [0.15, 0.2) is 36.7 Å². The number of nitrogens with zero attached hydrogens (tertiary/aromatic N) is 2. The van der Waals surface area contributed by atoms with Gasteiger partial charge in [-0.2, -0.15) is 0 Å². The van der Waals surface area contributed by atoms with Crippen LogP contribution >= 0.6 is 0 Å². The van der Waals surface area contributed by atoms with Gasteiger partial charge in [0.05, 0.1) is 26.0 Å². The van der Waals surface area contributed by atoms with E-state index in [4.69, 9.17) is 15.3 Å². The first-order valence-electron chi connectivity index (χ1n) is 5.74. The average Bonchev–Trinajstić information content (AvgIpc) is 2.49. The van der Waals surface area contributed by atoms with Crippen molar-refractivity contribution in [2.24, 2.45) is 5.84 Å². The van der Waals surface area contributed by atoms with Gasteiger partial charge < -0.3 is 9.47 Å². The van der Waals surface area contributed by atoms with Crippen LogP contribution in [0.5, 0.6) is 11.6 Å². The molecule has 100 valence electrons. The summed E-state index contributed by atoms with van der Waals surface area (Å²) in [5, 5.41) is 0.